The van der Waals surface area contributed by atoms with Crippen LogP contribution in [0.5, 0.6) is 5.88 Å². The molecule has 1 amide bonds. The Morgan fingerprint density at radius 3 is 2.65 bits per heavy atom. The second-order valence-corrected chi connectivity index (χ2v) is 4.77. The van der Waals surface area contributed by atoms with Gasteiger partial charge in [-0.2, -0.15) is 0 Å². The van der Waals surface area contributed by atoms with Gasteiger partial charge >= 0.3 is 5.97 Å². The van der Waals surface area contributed by atoms with Crippen LogP contribution in [0, 0.1) is 5.92 Å². The van der Waals surface area contributed by atoms with Crippen LogP contribution in [0.1, 0.15) is 18.4 Å². The summed E-state index contributed by atoms with van der Waals surface area (Å²) in [4.78, 5) is 27.6. The van der Waals surface area contributed by atoms with Crippen molar-refractivity contribution in [3.63, 3.8) is 0 Å². The number of hydrogen-bond acceptors (Lipinski definition) is 5. The quantitative estimate of drug-likeness (QED) is 0.775. The number of carbonyl (C=O) groups is 2. The number of pyridine rings is 1. The Labute approximate surface area is 117 Å². The average molecular weight is 278 g/mol. The van der Waals surface area contributed by atoms with Gasteiger partial charge < -0.3 is 14.8 Å². The minimum absolute atomic E-state index is 0.0520. The molecule has 0 spiro atoms. The van der Waals surface area contributed by atoms with Crippen LogP contribution in [0.2, 0.25) is 0 Å². The maximum Gasteiger partial charge on any atom is 0.328 e. The number of hydrogen-bond donors (Lipinski definition) is 1. The van der Waals surface area contributed by atoms with E-state index in [1.54, 1.807) is 12.3 Å². The zero-order valence-electron chi connectivity index (χ0n) is 11.6. The first kappa shape index (κ1) is 14.3. The fourth-order valence-corrected chi connectivity index (χ4v) is 1.86. The van der Waals surface area contributed by atoms with Gasteiger partial charge in [-0.05, 0) is 18.4 Å². The van der Waals surface area contributed by atoms with Crippen molar-refractivity contribution in [1.29, 1.82) is 0 Å². The summed E-state index contributed by atoms with van der Waals surface area (Å²) in [7, 11) is 2.85. The number of nitrogens with zero attached hydrogens (tertiary/aromatic N) is 1. The van der Waals surface area contributed by atoms with E-state index in [1.807, 2.05) is 6.07 Å². The average Bonchev–Trinajstić information content (AvgIpc) is 3.31. The smallest absolute Gasteiger partial charge is 0.328 e. The molecule has 0 aromatic carbocycles. The lowest BCUT2D eigenvalue weighted by molar-refractivity contribution is -0.145. The van der Waals surface area contributed by atoms with Gasteiger partial charge in [-0.3, -0.25) is 4.79 Å². The van der Waals surface area contributed by atoms with Crippen LogP contribution in [0.25, 0.3) is 0 Å². The van der Waals surface area contributed by atoms with E-state index in [2.05, 4.69) is 10.3 Å². The summed E-state index contributed by atoms with van der Waals surface area (Å²) in [5.74, 6) is 0.0261. The first-order valence-electron chi connectivity index (χ1n) is 6.51. The van der Waals surface area contributed by atoms with Crippen LogP contribution in [0.4, 0.5) is 0 Å². The molecule has 1 atom stereocenters. The predicted octanol–water partition coefficient (Wildman–Crippen LogP) is 0.700. The molecule has 20 heavy (non-hydrogen) atoms. The van der Waals surface area contributed by atoms with Crippen LogP contribution in [0.15, 0.2) is 18.3 Å². The van der Waals surface area contributed by atoms with E-state index < -0.39 is 12.0 Å². The molecule has 0 aliphatic heterocycles. The van der Waals surface area contributed by atoms with Gasteiger partial charge in [-0.25, -0.2) is 9.78 Å². The Morgan fingerprint density at radius 2 is 2.15 bits per heavy atom. The summed E-state index contributed by atoms with van der Waals surface area (Å²) in [5, 5.41) is 2.73. The van der Waals surface area contributed by atoms with Gasteiger partial charge in [0.25, 0.3) is 0 Å². The lowest BCUT2D eigenvalue weighted by atomic mass is 10.1. The monoisotopic (exact) mass is 278 g/mol. The second kappa shape index (κ2) is 6.36. The molecule has 1 heterocycles. The van der Waals surface area contributed by atoms with Gasteiger partial charge in [-0.15, -0.1) is 0 Å². The fourth-order valence-electron chi connectivity index (χ4n) is 1.86. The van der Waals surface area contributed by atoms with E-state index >= 15 is 0 Å². The van der Waals surface area contributed by atoms with Crippen LogP contribution >= 0.6 is 0 Å². The summed E-state index contributed by atoms with van der Waals surface area (Å²) in [5.41, 5.74) is 0.831. The molecule has 1 aromatic heterocycles. The van der Waals surface area contributed by atoms with Crippen molar-refractivity contribution in [3.8, 4) is 5.88 Å². The maximum atomic E-state index is 11.8. The second-order valence-electron chi connectivity index (χ2n) is 4.77. The standard InChI is InChI=1S/C14H18N2O4/c1-19-12-6-3-9(8-15-12)7-11(14(18)20-2)16-13(17)10-4-5-10/h3,6,8,10-11H,4-5,7H2,1-2H3,(H,16,17)/t11-/m0/s1. The highest BCUT2D eigenvalue weighted by atomic mass is 16.5. The van der Waals surface area contributed by atoms with Crippen molar-refractivity contribution in [3.05, 3.63) is 23.9 Å². The molecule has 1 fully saturated rings. The molecule has 1 saturated carbocycles. The van der Waals surface area contributed by atoms with Gasteiger partial charge in [0.2, 0.25) is 11.8 Å². The van der Waals surface area contributed by atoms with Crippen molar-refractivity contribution in [2.75, 3.05) is 14.2 Å². The maximum absolute atomic E-state index is 11.8. The number of rotatable bonds is 6. The number of methoxy groups -OCH3 is 2. The van der Waals surface area contributed by atoms with Crippen molar-refractivity contribution in [2.45, 2.75) is 25.3 Å². The Bertz CT molecular complexity index is 482. The van der Waals surface area contributed by atoms with Gasteiger partial charge in [0.05, 0.1) is 14.2 Å². The summed E-state index contributed by atoms with van der Waals surface area (Å²) in [6.07, 6.45) is 3.76. The molecular formula is C14H18N2O4. The predicted molar refractivity (Wildman–Crippen MR) is 71.2 cm³/mol. The number of esters is 1. The Kier molecular flexibility index (Phi) is 4.55. The minimum atomic E-state index is -0.678. The first-order chi connectivity index (χ1) is 9.63. The van der Waals surface area contributed by atoms with E-state index in [0.29, 0.717) is 12.3 Å². The lowest BCUT2D eigenvalue weighted by Gasteiger charge is -2.16. The normalized spacial score (nSPS) is 15.3. The van der Waals surface area contributed by atoms with E-state index in [0.717, 1.165) is 18.4 Å². The van der Waals surface area contributed by atoms with Crippen molar-refractivity contribution < 1.29 is 19.1 Å². The highest BCUT2D eigenvalue weighted by Gasteiger charge is 2.33. The van der Waals surface area contributed by atoms with Gasteiger partial charge in [-0.1, -0.05) is 6.07 Å². The van der Waals surface area contributed by atoms with Crippen molar-refractivity contribution >= 4 is 11.9 Å². The molecule has 1 aromatic rings. The van der Waals surface area contributed by atoms with Crippen LogP contribution in [0.3, 0.4) is 0 Å². The number of aromatic nitrogens is 1. The molecule has 0 unspecified atom stereocenters. The largest absolute Gasteiger partial charge is 0.481 e. The van der Waals surface area contributed by atoms with E-state index in [9.17, 15) is 9.59 Å². The molecule has 0 bridgehead atoms. The highest BCUT2D eigenvalue weighted by Crippen LogP contribution is 2.29. The highest BCUT2D eigenvalue weighted by molar-refractivity contribution is 5.87. The molecule has 1 aliphatic carbocycles. The molecule has 6 nitrogen and oxygen atoms in total. The van der Waals surface area contributed by atoms with Crippen molar-refractivity contribution in [1.82, 2.24) is 10.3 Å². The topological polar surface area (TPSA) is 77.5 Å². The molecule has 0 radical (unpaired) electrons. The fraction of sp³-hybridized carbons (Fsp3) is 0.500. The summed E-state index contributed by atoms with van der Waals surface area (Å²) in [6.45, 7) is 0. The zero-order chi connectivity index (χ0) is 14.5. The molecule has 2 rings (SSSR count). The van der Waals surface area contributed by atoms with Crippen molar-refractivity contribution in [2.24, 2.45) is 5.92 Å². The van der Waals surface area contributed by atoms with E-state index in [1.165, 1.54) is 14.2 Å². The molecule has 1 aliphatic rings. The minimum Gasteiger partial charge on any atom is -0.481 e. The molecule has 1 N–H and O–H groups in total. The zero-order valence-corrected chi connectivity index (χ0v) is 11.6. The number of carbonyl (C=O) groups excluding carboxylic acids is 2. The molecular weight excluding hydrogens is 260 g/mol. The Hall–Kier alpha value is -2.11. The summed E-state index contributed by atoms with van der Waals surface area (Å²) < 4.78 is 9.71. The first-order valence-corrected chi connectivity index (χ1v) is 6.51. The van der Waals surface area contributed by atoms with Crippen LogP contribution < -0.4 is 10.1 Å². The van der Waals surface area contributed by atoms with Gasteiger partial charge in [0.1, 0.15) is 6.04 Å². The van der Waals surface area contributed by atoms with Gasteiger partial charge in [0.15, 0.2) is 0 Å². The van der Waals surface area contributed by atoms with Crippen LogP contribution in [-0.2, 0) is 20.7 Å². The third-order valence-electron chi connectivity index (χ3n) is 3.20. The van der Waals surface area contributed by atoms with E-state index in [-0.39, 0.29) is 11.8 Å². The Morgan fingerprint density at radius 1 is 1.40 bits per heavy atom. The number of amides is 1. The third-order valence-corrected chi connectivity index (χ3v) is 3.20. The molecule has 6 heteroatoms. The number of nitrogens with one attached hydrogen (secondary N) is 1. The number of ether oxygens (including phenoxy) is 2. The molecule has 0 saturated heterocycles. The lowest BCUT2D eigenvalue weighted by Crippen LogP contribution is -2.43. The third kappa shape index (κ3) is 3.69. The van der Waals surface area contributed by atoms with Crippen LogP contribution in [-0.4, -0.2) is 37.1 Å². The van der Waals surface area contributed by atoms with Gasteiger partial charge in [0, 0.05) is 24.6 Å². The van der Waals surface area contributed by atoms with E-state index in [4.69, 9.17) is 9.47 Å². The summed E-state index contributed by atoms with van der Waals surface area (Å²) in [6, 6.07) is 2.85. The summed E-state index contributed by atoms with van der Waals surface area (Å²) >= 11 is 0. The molecule has 108 valence electrons. The SMILES string of the molecule is COC(=O)[C@H](Cc1ccc(OC)nc1)NC(=O)C1CC1. The Balaban J connectivity index is 2.01.